The summed E-state index contributed by atoms with van der Waals surface area (Å²) in [6.07, 6.45) is 1.38. The molecule has 12 heavy (non-hydrogen) atoms. The summed E-state index contributed by atoms with van der Waals surface area (Å²) < 4.78 is 28.0. The lowest BCUT2D eigenvalue weighted by Gasteiger charge is -2.06. The molecule has 0 saturated heterocycles. The smallest absolute Gasteiger partial charge is 0.387 e. The summed E-state index contributed by atoms with van der Waals surface area (Å²) in [7, 11) is 0. The molecule has 0 aliphatic rings. The predicted octanol–water partition coefficient (Wildman–Crippen LogP) is 3.10. The number of pyridine rings is 1. The van der Waals surface area contributed by atoms with E-state index in [9.17, 15) is 8.78 Å². The molecular weight excluding hydrogens is 255 g/mol. The van der Waals surface area contributed by atoms with Crippen molar-refractivity contribution in [1.82, 2.24) is 4.98 Å². The van der Waals surface area contributed by atoms with Crippen molar-refractivity contribution >= 4 is 27.5 Å². The second kappa shape index (κ2) is 4.00. The fourth-order valence-electron chi connectivity index (χ4n) is 0.595. The number of hydrogen-bond donors (Lipinski definition) is 0. The quantitative estimate of drug-likeness (QED) is 0.761. The van der Waals surface area contributed by atoms with Crippen LogP contribution in [0.25, 0.3) is 0 Å². The standard InChI is InChI=1S/C6H3BrClF2NO/c7-3-1-2-11-5(8)4(3)12-6(9)10/h1-2,6H. The number of alkyl halides is 2. The largest absolute Gasteiger partial charge is 0.430 e. The van der Waals surface area contributed by atoms with E-state index in [4.69, 9.17) is 11.6 Å². The third-order valence-electron chi connectivity index (χ3n) is 1.02. The minimum Gasteiger partial charge on any atom is -0.430 e. The van der Waals surface area contributed by atoms with Crippen molar-refractivity contribution in [3.63, 3.8) is 0 Å². The van der Waals surface area contributed by atoms with Crippen LogP contribution in [0.3, 0.4) is 0 Å². The molecule has 1 aromatic heterocycles. The molecule has 2 nitrogen and oxygen atoms in total. The zero-order chi connectivity index (χ0) is 9.14. The average molecular weight is 258 g/mol. The Morgan fingerprint density at radius 3 is 2.75 bits per heavy atom. The Hall–Kier alpha value is -0.420. The first-order valence-corrected chi connectivity index (χ1v) is 4.03. The van der Waals surface area contributed by atoms with Gasteiger partial charge in [-0.2, -0.15) is 8.78 Å². The van der Waals surface area contributed by atoms with Crippen LogP contribution >= 0.6 is 27.5 Å². The van der Waals surface area contributed by atoms with Crippen LogP contribution in [0.1, 0.15) is 0 Å². The van der Waals surface area contributed by atoms with Gasteiger partial charge in [-0.15, -0.1) is 0 Å². The topological polar surface area (TPSA) is 22.1 Å². The monoisotopic (exact) mass is 257 g/mol. The van der Waals surface area contributed by atoms with E-state index >= 15 is 0 Å². The van der Waals surface area contributed by atoms with Crippen molar-refractivity contribution in [1.29, 1.82) is 0 Å². The average Bonchev–Trinajstić information content (AvgIpc) is 1.97. The minimum absolute atomic E-state index is 0.0929. The van der Waals surface area contributed by atoms with Crippen molar-refractivity contribution in [3.05, 3.63) is 21.9 Å². The van der Waals surface area contributed by atoms with E-state index in [1.807, 2.05) is 0 Å². The molecule has 0 amide bonds. The highest BCUT2D eigenvalue weighted by Gasteiger charge is 2.12. The molecule has 0 spiro atoms. The predicted molar refractivity (Wildman–Crippen MR) is 43.6 cm³/mol. The van der Waals surface area contributed by atoms with Crippen LogP contribution in [-0.4, -0.2) is 11.6 Å². The van der Waals surface area contributed by atoms with Gasteiger partial charge in [0.15, 0.2) is 10.9 Å². The van der Waals surface area contributed by atoms with E-state index in [0.717, 1.165) is 0 Å². The molecule has 0 atom stereocenters. The Balaban J connectivity index is 2.96. The van der Waals surface area contributed by atoms with E-state index < -0.39 is 6.61 Å². The molecule has 66 valence electrons. The maximum atomic E-state index is 11.8. The molecule has 0 unspecified atom stereocenters. The number of hydrogen-bond acceptors (Lipinski definition) is 2. The lowest BCUT2D eigenvalue weighted by Crippen LogP contribution is -2.03. The van der Waals surface area contributed by atoms with Crippen molar-refractivity contribution in [3.8, 4) is 5.75 Å². The van der Waals surface area contributed by atoms with Crippen LogP contribution in [0.5, 0.6) is 5.75 Å². The van der Waals surface area contributed by atoms with Gasteiger partial charge in [-0.25, -0.2) is 4.98 Å². The Morgan fingerprint density at radius 1 is 1.58 bits per heavy atom. The van der Waals surface area contributed by atoms with Crippen molar-refractivity contribution in [2.45, 2.75) is 6.61 Å². The molecule has 1 rings (SSSR count). The zero-order valence-corrected chi connectivity index (χ0v) is 7.94. The summed E-state index contributed by atoms with van der Waals surface area (Å²) in [6, 6.07) is 1.46. The lowest BCUT2D eigenvalue weighted by molar-refractivity contribution is -0.0505. The maximum absolute atomic E-state index is 11.8. The first kappa shape index (κ1) is 9.67. The summed E-state index contributed by atoms with van der Waals surface area (Å²) in [5.74, 6) is -0.144. The van der Waals surface area contributed by atoms with E-state index in [0.29, 0.717) is 4.47 Å². The molecule has 0 aliphatic carbocycles. The SMILES string of the molecule is FC(F)Oc1c(Br)ccnc1Cl. The van der Waals surface area contributed by atoms with Crippen LogP contribution in [0.4, 0.5) is 8.78 Å². The molecule has 0 aromatic carbocycles. The fourth-order valence-corrected chi connectivity index (χ4v) is 1.31. The Kier molecular flexibility index (Phi) is 3.22. The molecule has 0 radical (unpaired) electrons. The van der Waals surface area contributed by atoms with Crippen molar-refractivity contribution in [2.24, 2.45) is 0 Å². The fraction of sp³-hybridized carbons (Fsp3) is 0.167. The Morgan fingerprint density at radius 2 is 2.25 bits per heavy atom. The second-order valence-corrected chi connectivity index (χ2v) is 3.00. The van der Waals surface area contributed by atoms with Gasteiger partial charge in [-0.1, -0.05) is 11.6 Å². The van der Waals surface area contributed by atoms with Crippen LogP contribution in [0, 0.1) is 0 Å². The van der Waals surface area contributed by atoms with Gasteiger partial charge >= 0.3 is 6.61 Å². The molecule has 6 heteroatoms. The maximum Gasteiger partial charge on any atom is 0.387 e. The van der Waals surface area contributed by atoms with Crippen LogP contribution < -0.4 is 4.74 Å². The van der Waals surface area contributed by atoms with Gasteiger partial charge in [-0.3, -0.25) is 0 Å². The van der Waals surface area contributed by atoms with E-state index in [2.05, 4.69) is 25.7 Å². The minimum atomic E-state index is -2.90. The van der Waals surface area contributed by atoms with E-state index in [1.165, 1.54) is 12.3 Å². The molecule has 0 fully saturated rings. The van der Waals surface area contributed by atoms with Crippen LogP contribution in [-0.2, 0) is 0 Å². The normalized spacial score (nSPS) is 10.4. The van der Waals surface area contributed by atoms with Gasteiger partial charge in [0.05, 0.1) is 4.47 Å². The molecule has 1 heterocycles. The van der Waals surface area contributed by atoms with Gasteiger partial charge in [0.2, 0.25) is 0 Å². The van der Waals surface area contributed by atoms with Crippen LogP contribution in [0.15, 0.2) is 16.7 Å². The second-order valence-electron chi connectivity index (χ2n) is 1.79. The summed E-state index contributed by atoms with van der Waals surface area (Å²) >= 11 is 8.47. The first-order valence-electron chi connectivity index (χ1n) is 2.86. The highest BCUT2D eigenvalue weighted by Crippen LogP contribution is 2.31. The summed E-state index contributed by atoms with van der Waals surface area (Å²) in [5.41, 5.74) is 0. The first-order chi connectivity index (χ1) is 5.61. The number of halogens is 4. The number of rotatable bonds is 2. The summed E-state index contributed by atoms with van der Waals surface area (Å²) in [4.78, 5) is 3.57. The molecular formula is C6H3BrClF2NO. The van der Waals surface area contributed by atoms with E-state index in [-0.39, 0.29) is 10.9 Å². The van der Waals surface area contributed by atoms with Gasteiger partial charge < -0.3 is 4.74 Å². The Labute approximate surface area is 80.6 Å². The van der Waals surface area contributed by atoms with Gasteiger partial charge in [-0.05, 0) is 22.0 Å². The molecule has 1 aromatic rings. The number of nitrogens with zero attached hydrogens (tertiary/aromatic N) is 1. The van der Waals surface area contributed by atoms with Crippen LogP contribution in [0.2, 0.25) is 5.15 Å². The summed E-state index contributed by atoms with van der Waals surface area (Å²) in [6.45, 7) is -2.90. The number of ether oxygens (including phenoxy) is 1. The molecule has 0 aliphatic heterocycles. The van der Waals surface area contributed by atoms with Gasteiger partial charge in [0, 0.05) is 6.20 Å². The van der Waals surface area contributed by atoms with Crippen molar-refractivity contribution < 1.29 is 13.5 Å². The zero-order valence-electron chi connectivity index (χ0n) is 5.60. The van der Waals surface area contributed by atoms with E-state index in [1.54, 1.807) is 0 Å². The molecule has 0 saturated carbocycles. The molecule has 0 bridgehead atoms. The summed E-state index contributed by atoms with van der Waals surface area (Å²) in [5, 5.41) is -0.0929. The number of aromatic nitrogens is 1. The highest BCUT2D eigenvalue weighted by atomic mass is 79.9. The highest BCUT2D eigenvalue weighted by molar-refractivity contribution is 9.10. The van der Waals surface area contributed by atoms with Crippen molar-refractivity contribution in [2.75, 3.05) is 0 Å². The third kappa shape index (κ3) is 2.28. The van der Waals surface area contributed by atoms with Gasteiger partial charge in [0.1, 0.15) is 0 Å². The molecule has 0 N–H and O–H groups in total. The lowest BCUT2D eigenvalue weighted by atomic mass is 10.5. The Bertz CT molecular complexity index is 264. The van der Waals surface area contributed by atoms with Gasteiger partial charge in [0.25, 0.3) is 0 Å². The third-order valence-corrected chi connectivity index (χ3v) is 1.91.